The summed E-state index contributed by atoms with van der Waals surface area (Å²) in [6.45, 7) is 0.706. The van der Waals surface area contributed by atoms with Crippen LogP contribution in [0.5, 0.6) is 11.5 Å². The van der Waals surface area contributed by atoms with E-state index in [1.54, 1.807) is 0 Å². The number of nitrogens with two attached hydrogens (primary N) is 1. The molecule has 1 saturated heterocycles. The van der Waals surface area contributed by atoms with Gasteiger partial charge >= 0.3 is 74.8 Å². The van der Waals surface area contributed by atoms with Crippen molar-refractivity contribution in [2.45, 2.75) is 37.6 Å². The summed E-state index contributed by atoms with van der Waals surface area (Å²) in [6, 6.07) is 2.15. The molecule has 1 aliphatic heterocycles. The zero-order valence-electron chi connectivity index (χ0n) is 24.9. The van der Waals surface area contributed by atoms with Crippen molar-refractivity contribution in [1.82, 2.24) is 19.5 Å². The van der Waals surface area contributed by atoms with E-state index in [9.17, 15) is 39.1 Å². The molecule has 0 radical (unpaired) electrons. The number of nitrogens with one attached hydrogen (secondary N) is 1. The second-order valence-corrected chi connectivity index (χ2v) is 11.6. The number of rotatable bonds is 10. The topological polar surface area (TPSA) is 334 Å². The first-order valence-electron chi connectivity index (χ1n) is 12.0. The number of hydrogen-bond acceptors (Lipinski definition) is 16. The molecule has 2 unspecified atom stereocenters. The molecule has 0 saturated carbocycles. The fourth-order valence-corrected chi connectivity index (χ4v) is 5.76. The largest absolute Gasteiger partial charge is 1.00 e. The third-order valence-corrected chi connectivity index (χ3v) is 8.17. The second kappa shape index (κ2) is 17.2. The summed E-state index contributed by atoms with van der Waals surface area (Å²) in [6.07, 6.45) is -4.65. The molecular formula is C20H28N6Na2O16P2+2. The van der Waals surface area contributed by atoms with Crippen LogP contribution >= 0.6 is 15.6 Å². The van der Waals surface area contributed by atoms with Gasteiger partial charge in [0.05, 0.1) is 49.8 Å². The Balaban J connectivity index is 0.000000446. The van der Waals surface area contributed by atoms with Crippen molar-refractivity contribution in [3.05, 3.63) is 44.5 Å². The van der Waals surface area contributed by atoms with Gasteiger partial charge in [-0.05, 0) is 13.0 Å². The number of hydrogen-bond donors (Lipinski definition) is 8. The number of fused-ring (bicyclic) bond motifs is 1. The summed E-state index contributed by atoms with van der Waals surface area (Å²) >= 11 is 0. The number of aliphatic hydroxyl groups excluding tert-OH is 3. The van der Waals surface area contributed by atoms with Gasteiger partial charge in [-0.3, -0.25) is 29.0 Å². The molecule has 6 atom stereocenters. The number of phosphoric ester groups is 1. The first-order valence-corrected chi connectivity index (χ1v) is 15.0. The number of phosphoric acid groups is 2. The molecule has 1 aliphatic rings. The Morgan fingerprint density at radius 1 is 1.15 bits per heavy atom. The molecule has 3 aromatic rings. The van der Waals surface area contributed by atoms with Crippen molar-refractivity contribution < 1.29 is 126 Å². The summed E-state index contributed by atoms with van der Waals surface area (Å²) in [5.74, 6) is 0.0204. The molecule has 22 nitrogen and oxygen atoms in total. The van der Waals surface area contributed by atoms with Gasteiger partial charge in [0.15, 0.2) is 28.9 Å². The summed E-state index contributed by atoms with van der Waals surface area (Å²) < 4.78 is 47.0. The molecule has 3 heterocycles. The molecule has 1 fully saturated rings. The van der Waals surface area contributed by atoms with E-state index >= 15 is 0 Å². The van der Waals surface area contributed by atoms with Gasteiger partial charge in [-0.25, -0.2) is 14.1 Å². The molecule has 4 rings (SSSR count). The fourth-order valence-electron chi connectivity index (χ4n) is 4.02. The third-order valence-electron chi connectivity index (χ3n) is 5.91. The van der Waals surface area contributed by atoms with E-state index in [0.29, 0.717) is 0 Å². The van der Waals surface area contributed by atoms with Crippen LogP contribution in [0.1, 0.15) is 24.8 Å². The van der Waals surface area contributed by atoms with Gasteiger partial charge in [-0.15, -0.1) is 0 Å². The summed E-state index contributed by atoms with van der Waals surface area (Å²) in [5, 5.41) is 39.9. The van der Waals surface area contributed by atoms with Gasteiger partial charge in [-0.1, -0.05) is 0 Å². The number of nitro groups is 1. The Hall–Kier alpha value is -1.53. The van der Waals surface area contributed by atoms with Crippen LogP contribution in [0.15, 0.2) is 23.3 Å². The normalized spacial score (nSPS) is 21.2. The number of imidazole rings is 1. The second-order valence-electron chi connectivity index (χ2n) is 8.82. The van der Waals surface area contributed by atoms with Gasteiger partial charge in [0, 0.05) is 0 Å². The Morgan fingerprint density at radius 3 is 2.24 bits per heavy atom. The van der Waals surface area contributed by atoms with Gasteiger partial charge in [0.2, 0.25) is 5.95 Å². The maximum absolute atomic E-state index is 11.7. The predicted octanol–water partition coefficient (Wildman–Crippen LogP) is -6.78. The van der Waals surface area contributed by atoms with E-state index in [2.05, 4.69) is 23.8 Å². The number of nitrogens with zero attached hydrogens (tertiary/aromatic N) is 4. The first-order chi connectivity index (χ1) is 20.4. The third kappa shape index (κ3) is 10.2. The number of aromatic nitrogens is 4. The van der Waals surface area contributed by atoms with E-state index < -0.39 is 69.1 Å². The minimum Gasteiger partial charge on any atom is -0.493 e. The van der Waals surface area contributed by atoms with Crippen LogP contribution in [0.4, 0.5) is 11.6 Å². The number of aliphatic hydroxyl groups is 3. The minimum atomic E-state index is -5.31. The van der Waals surface area contributed by atoms with Crippen molar-refractivity contribution >= 4 is 38.4 Å². The number of nitro benzene ring substituents is 1. The Bertz CT molecular complexity index is 1670. The molecule has 0 aliphatic carbocycles. The first kappa shape index (κ1) is 42.5. The fraction of sp³-hybridized carbons (Fsp3) is 0.450. The number of H-pyrrole nitrogens is 1. The number of benzene rings is 1. The van der Waals surface area contributed by atoms with Gasteiger partial charge < -0.3 is 49.9 Å². The monoisotopic (exact) mass is 716 g/mol. The van der Waals surface area contributed by atoms with Crippen LogP contribution in [-0.2, 0) is 22.7 Å². The predicted molar refractivity (Wildman–Crippen MR) is 144 cm³/mol. The Kier molecular flexibility index (Phi) is 15.9. The molecule has 46 heavy (non-hydrogen) atoms. The van der Waals surface area contributed by atoms with Gasteiger partial charge in [0.1, 0.15) is 18.3 Å². The van der Waals surface area contributed by atoms with E-state index in [0.717, 1.165) is 19.1 Å². The molecule has 244 valence electrons. The summed E-state index contributed by atoms with van der Waals surface area (Å²) in [5.41, 5.74) is 4.40. The Morgan fingerprint density at radius 2 is 1.74 bits per heavy atom. The average Bonchev–Trinajstić information content (AvgIpc) is 3.46. The van der Waals surface area contributed by atoms with Gasteiger partial charge in [-0.2, -0.15) is 9.29 Å². The van der Waals surface area contributed by atoms with Crippen molar-refractivity contribution in [3.63, 3.8) is 0 Å². The van der Waals surface area contributed by atoms with Crippen LogP contribution in [0.25, 0.3) is 11.2 Å². The smallest absolute Gasteiger partial charge is 0.493 e. The number of methoxy groups -OCH3 is 2. The molecule has 1 aromatic carbocycles. The summed E-state index contributed by atoms with van der Waals surface area (Å²) in [4.78, 5) is 58.6. The van der Waals surface area contributed by atoms with Crippen LogP contribution in [-0.4, -0.2) is 93.6 Å². The number of aromatic amines is 1. The Labute approximate surface area is 302 Å². The van der Waals surface area contributed by atoms with Crippen LogP contribution in [0.2, 0.25) is 0 Å². The maximum atomic E-state index is 11.7. The minimum absolute atomic E-state index is 0. The summed E-state index contributed by atoms with van der Waals surface area (Å²) in [7, 11) is -7.96. The van der Waals surface area contributed by atoms with Crippen molar-refractivity contribution in [1.29, 1.82) is 0 Å². The van der Waals surface area contributed by atoms with E-state index in [4.69, 9.17) is 34.8 Å². The molecular weight excluding hydrogens is 688 g/mol. The van der Waals surface area contributed by atoms with Crippen molar-refractivity contribution in [2.75, 3.05) is 26.6 Å². The SMILES string of the molecule is COc1cc(C(C)OP(=O)(O)OP(=O)(O)O)c([N+](=O)[O-])cc1OC.Nc1nc2c(ncn2[C@@H]2O[C@H](CO)[C@@H](O)[C@H]2O)c(=O)[nH]1.[Na+].[Na+]. The van der Waals surface area contributed by atoms with E-state index in [1.165, 1.54) is 25.1 Å². The van der Waals surface area contributed by atoms with Crippen LogP contribution in [0.3, 0.4) is 0 Å². The van der Waals surface area contributed by atoms with Crippen LogP contribution in [0, 0.1) is 10.1 Å². The molecule has 26 heteroatoms. The van der Waals surface area contributed by atoms with Crippen molar-refractivity contribution in [3.8, 4) is 11.5 Å². The molecule has 0 amide bonds. The quantitative estimate of drug-likeness (QED) is 0.0418. The average molecular weight is 716 g/mol. The van der Waals surface area contributed by atoms with Gasteiger partial charge in [0.25, 0.3) is 11.2 Å². The van der Waals surface area contributed by atoms with Crippen LogP contribution < -0.4 is 79.9 Å². The number of nitrogen functional groups attached to an aromatic ring is 1. The molecule has 2 aromatic heterocycles. The zero-order valence-corrected chi connectivity index (χ0v) is 30.6. The van der Waals surface area contributed by atoms with E-state index in [1.807, 2.05) is 0 Å². The van der Waals surface area contributed by atoms with E-state index in [-0.39, 0.29) is 93.3 Å². The molecule has 0 bridgehead atoms. The maximum Gasteiger partial charge on any atom is 1.00 e. The zero-order chi connectivity index (χ0) is 33.1. The molecule has 9 N–H and O–H groups in total. The standard InChI is InChI=1S/C10H13N5O5.C10H15NO11P2.2Na/c11-10-13-7-4(8(19)14-10)12-2-15(7)9-6(18)5(17)3(1-16)20-9;1-6(21-24(17,18)22-23(14,15)16)7-4-9(19-2)10(20-3)5-8(7)11(12)13;;/h2-3,5-6,9,16-18H,1H2,(H3,11,13,14,19);4-6H,1-3H3,(H,17,18)(H2,14,15,16);;/q;;2*+1/t3-,5-,6-,9-;;;/m1.../s1. The van der Waals surface area contributed by atoms with Crippen molar-refractivity contribution in [2.24, 2.45) is 0 Å². The number of anilines is 1. The molecule has 0 spiro atoms. The number of ether oxygens (including phenoxy) is 3.